The lowest BCUT2D eigenvalue weighted by molar-refractivity contribution is -0.0408. The molecule has 1 aromatic heterocycles. The fourth-order valence-corrected chi connectivity index (χ4v) is 4.20. The molecule has 20 heavy (non-hydrogen) atoms. The zero-order valence-corrected chi connectivity index (χ0v) is 12.4. The highest BCUT2D eigenvalue weighted by Crippen LogP contribution is 2.42. The van der Waals surface area contributed by atoms with Gasteiger partial charge in [-0.05, 0) is 38.0 Å². The maximum atomic E-state index is 13.5. The van der Waals surface area contributed by atoms with Crippen molar-refractivity contribution in [3.63, 3.8) is 0 Å². The van der Waals surface area contributed by atoms with Crippen LogP contribution in [0.25, 0.3) is 0 Å². The second kappa shape index (κ2) is 6.06. The van der Waals surface area contributed by atoms with E-state index < -0.39 is 5.92 Å². The summed E-state index contributed by atoms with van der Waals surface area (Å²) < 4.78 is 32.3. The Hall–Kier alpha value is -0.550. The zero-order valence-electron chi connectivity index (χ0n) is 11.6. The molecule has 0 spiro atoms. The number of alkyl halides is 2. The summed E-state index contributed by atoms with van der Waals surface area (Å²) in [6, 6.07) is 0. The lowest BCUT2D eigenvalue weighted by Gasteiger charge is -2.27. The molecule has 2 fully saturated rings. The van der Waals surface area contributed by atoms with Gasteiger partial charge in [0.15, 0.2) is 0 Å². The van der Waals surface area contributed by atoms with Gasteiger partial charge < -0.3 is 4.74 Å². The molecule has 0 bridgehead atoms. The van der Waals surface area contributed by atoms with Gasteiger partial charge in [-0.2, -0.15) is 0 Å². The number of aromatic nitrogens is 1. The minimum Gasteiger partial charge on any atom is -0.381 e. The van der Waals surface area contributed by atoms with E-state index in [-0.39, 0.29) is 18.8 Å². The van der Waals surface area contributed by atoms with Gasteiger partial charge in [-0.3, -0.25) is 0 Å². The standard InChI is InChI=1S/C15H21F2NOS/c16-15(17)5-1-2-12(9-15)14-18-13(10-20-14)8-11-3-6-19-7-4-11/h10-12H,1-9H2. The van der Waals surface area contributed by atoms with Crippen LogP contribution >= 0.6 is 11.3 Å². The number of thiazole rings is 1. The van der Waals surface area contributed by atoms with Crippen molar-refractivity contribution in [3.05, 3.63) is 16.1 Å². The summed E-state index contributed by atoms with van der Waals surface area (Å²) in [5, 5.41) is 2.99. The van der Waals surface area contributed by atoms with E-state index in [1.54, 1.807) is 11.3 Å². The first-order valence-corrected chi connectivity index (χ1v) is 8.40. The molecule has 1 saturated heterocycles. The Kier molecular flexibility index (Phi) is 4.36. The molecule has 0 amide bonds. The molecule has 1 aromatic rings. The van der Waals surface area contributed by atoms with Gasteiger partial charge in [-0.25, -0.2) is 13.8 Å². The van der Waals surface area contributed by atoms with Gasteiger partial charge in [-0.1, -0.05) is 0 Å². The van der Waals surface area contributed by atoms with Crippen LogP contribution in [0.2, 0.25) is 0 Å². The third kappa shape index (κ3) is 3.55. The van der Waals surface area contributed by atoms with E-state index in [2.05, 4.69) is 10.4 Å². The Bertz CT molecular complexity index is 443. The van der Waals surface area contributed by atoms with Crippen LogP contribution in [0.1, 0.15) is 55.1 Å². The zero-order chi connectivity index (χ0) is 14.0. The van der Waals surface area contributed by atoms with Crippen molar-refractivity contribution in [1.82, 2.24) is 4.98 Å². The number of hydrogen-bond donors (Lipinski definition) is 0. The molecule has 0 aromatic carbocycles. The van der Waals surface area contributed by atoms with Gasteiger partial charge in [0.2, 0.25) is 5.92 Å². The molecular formula is C15H21F2NOS. The van der Waals surface area contributed by atoms with Crippen molar-refractivity contribution in [2.24, 2.45) is 5.92 Å². The van der Waals surface area contributed by atoms with E-state index in [1.165, 1.54) is 0 Å². The summed E-state index contributed by atoms with van der Waals surface area (Å²) >= 11 is 1.57. The van der Waals surface area contributed by atoms with Crippen molar-refractivity contribution < 1.29 is 13.5 Å². The Morgan fingerprint density at radius 2 is 2.10 bits per heavy atom. The molecular weight excluding hydrogens is 280 g/mol. The van der Waals surface area contributed by atoms with Crippen LogP contribution in [0, 0.1) is 5.92 Å². The smallest absolute Gasteiger partial charge is 0.248 e. The second-order valence-corrected chi connectivity index (χ2v) is 6.98. The summed E-state index contributed by atoms with van der Waals surface area (Å²) in [6.07, 6.45) is 4.67. The van der Waals surface area contributed by atoms with Gasteiger partial charge in [-0.15, -0.1) is 11.3 Å². The van der Waals surface area contributed by atoms with Crippen LogP contribution in [0.3, 0.4) is 0 Å². The third-order valence-corrected chi connectivity index (χ3v) is 5.45. The second-order valence-electron chi connectivity index (χ2n) is 6.09. The fraction of sp³-hybridized carbons (Fsp3) is 0.800. The van der Waals surface area contributed by atoms with Crippen LogP contribution in [0.15, 0.2) is 5.38 Å². The van der Waals surface area contributed by atoms with E-state index in [0.29, 0.717) is 12.3 Å². The molecule has 0 N–H and O–H groups in total. The molecule has 2 heterocycles. The monoisotopic (exact) mass is 301 g/mol. The minimum atomic E-state index is -2.49. The molecule has 2 nitrogen and oxygen atoms in total. The highest BCUT2D eigenvalue weighted by Gasteiger charge is 2.37. The SMILES string of the molecule is FC1(F)CCCC(c2nc(CC3CCOCC3)cs2)C1. The summed E-state index contributed by atoms with van der Waals surface area (Å²) in [5.74, 6) is -1.88. The van der Waals surface area contributed by atoms with Gasteiger partial charge in [0.1, 0.15) is 0 Å². The first kappa shape index (κ1) is 14.4. The number of halogens is 2. The van der Waals surface area contributed by atoms with E-state index in [4.69, 9.17) is 4.74 Å². The molecule has 5 heteroatoms. The average Bonchev–Trinajstić information content (AvgIpc) is 2.87. The normalized spacial score (nSPS) is 27.6. The van der Waals surface area contributed by atoms with Crippen molar-refractivity contribution >= 4 is 11.3 Å². The lowest BCUT2D eigenvalue weighted by Crippen LogP contribution is -2.24. The van der Waals surface area contributed by atoms with Crippen LogP contribution in [-0.2, 0) is 11.2 Å². The van der Waals surface area contributed by atoms with Crippen LogP contribution < -0.4 is 0 Å². The molecule has 112 valence electrons. The predicted molar refractivity (Wildman–Crippen MR) is 75.5 cm³/mol. The van der Waals surface area contributed by atoms with Crippen molar-refractivity contribution in [1.29, 1.82) is 0 Å². The molecule has 1 aliphatic heterocycles. The maximum Gasteiger partial charge on any atom is 0.248 e. The third-order valence-electron chi connectivity index (χ3n) is 4.40. The minimum absolute atomic E-state index is 0.0166. The van der Waals surface area contributed by atoms with Gasteiger partial charge in [0, 0.05) is 37.4 Å². The summed E-state index contributed by atoms with van der Waals surface area (Å²) in [6.45, 7) is 1.69. The van der Waals surface area contributed by atoms with E-state index >= 15 is 0 Å². The average molecular weight is 301 g/mol. The Labute approximate surface area is 122 Å². The number of hydrogen-bond acceptors (Lipinski definition) is 3. The van der Waals surface area contributed by atoms with Crippen molar-refractivity contribution in [2.75, 3.05) is 13.2 Å². The van der Waals surface area contributed by atoms with Crippen LogP contribution in [0.5, 0.6) is 0 Å². The lowest BCUT2D eigenvalue weighted by atomic mass is 9.87. The molecule has 1 unspecified atom stereocenters. The Morgan fingerprint density at radius 3 is 2.85 bits per heavy atom. The fourth-order valence-electron chi connectivity index (χ4n) is 3.23. The molecule has 1 saturated carbocycles. The highest BCUT2D eigenvalue weighted by molar-refractivity contribution is 7.09. The molecule has 3 rings (SSSR count). The van der Waals surface area contributed by atoms with E-state index in [9.17, 15) is 8.78 Å². The topological polar surface area (TPSA) is 22.1 Å². The summed E-state index contributed by atoms with van der Waals surface area (Å²) in [5.41, 5.74) is 1.09. The number of rotatable bonds is 3. The van der Waals surface area contributed by atoms with Crippen LogP contribution in [0.4, 0.5) is 8.78 Å². The highest BCUT2D eigenvalue weighted by atomic mass is 32.1. The molecule has 1 aliphatic carbocycles. The Balaban J connectivity index is 1.61. The first-order chi connectivity index (χ1) is 9.62. The number of nitrogens with zero attached hydrogens (tertiary/aromatic N) is 1. The maximum absolute atomic E-state index is 13.5. The van der Waals surface area contributed by atoms with E-state index in [0.717, 1.165) is 49.6 Å². The summed E-state index contributed by atoms with van der Waals surface area (Å²) in [4.78, 5) is 4.64. The van der Waals surface area contributed by atoms with Gasteiger partial charge in [0.25, 0.3) is 0 Å². The largest absolute Gasteiger partial charge is 0.381 e. The first-order valence-electron chi connectivity index (χ1n) is 7.52. The predicted octanol–water partition coefficient (Wildman–Crippen LogP) is 4.41. The van der Waals surface area contributed by atoms with Crippen molar-refractivity contribution in [3.8, 4) is 0 Å². The molecule has 0 radical (unpaired) electrons. The van der Waals surface area contributed by atoms with Crippen LogP contribution in [-0.4, -0.2) is 24.1 Å². The van der Waals surface area contributed by atoms with E-state index in [1.807, 2.05) is 0 Å². The Morgan fingerprint density at radius 1 is 1.30 bits per heavy atom. The van der Waals surface area contributed by atoms with Crippen molar-refractivity contribution in [2.45, 2.75) is 56.8 Å². The molecule has 2 aliphatic rings. The number of ether oxygens (including phenoxy) is 1. The van der Waals surface area contributed by atoms with Gasteiger partial charge >= 0.3 is 0 Å². The quantitative estimate of drug-likeness (QED) is 0.825. The summed E-state index contributed by atoms with van der Waals surface area (Å²) in [7, 11) is 0. The van der Waals surface area contributed by atoms with Gasteiger partial charge in [0.05, 0.1) is 10.7 Å². The molecule has 1 atom stereocenters.